The van der Waals surface area contributed by atoms with E-state index in [0.29, 0.717) is 25.3 Å². The van der Waals surface area contributed by atoms with Gasteiger partial charge in [-0.3, -0.25) is 0 Å². The van der Waals surface area contributed by atoms with Crippen LogP contribution in [0, 0.1) is 0 Å². The third-order valence-electron chi connectivity index (χ3n) is 6.09. The molecule has 0 saturated carbocycles. The monoisotopic (exact) mass is 425 g/mol. The van der Waals surface area contributed by atoms with Crippen molar-refractivity contribution in [2.75, 3.05) is 31.6 Å². The van der Waals surface area contributed by atoms with Crippen LogP contribution in [-0.2, 0) is 14.9 Å². The molecule has 0 unspecified atom stereocenters. The molecule has 1 spiro atoms. The minimum Gasteiger partial charge on any atom is -0.462 e. The second-order valence-electron chi connectivity index (χ2n) is 9.38. The van der Waals surface area contributed by atoms with Gasteiger partial charge in [0, 0.05) is 48.2 Å². The number of nitrogens with zero attached hydrogens (tertiary/aromatic N) is 1. The van der Waals surface area contributed by atoms with Crippen molar-refractivity contribution in [1.82, 2.24) is 9.88 Å². The molecule has 2 aliphatic rings. The van der Waals surface area contributed by atoms with Crippen LogP contribution in [0.15, 0.2) is 30.5 Å². The van der Waals surface area contributed by atoms with Gasteiger partial charge in [-0.15, -0.1) is 0 Å². The first-order valence-corrected chi connectivity index (χ1v) is 10.9. The molecule has 166 valence electrons. The molecule has 1 fully saturated rings. The van der Waals surface area contributed by atoms with E-state index < -0.39 is 5.60 Å². The molecule has 4 rings (SSSR count). The molecule has 7 nitrogen and oxygen atoms in total. The van der Waals surface area contributed by atoms with Crippen LogP contribution in [0.4, 0.5) is 10.5 Å². The number of piperidine rings is 1. The smallest absolute Gasteiger partial charge is 0.410 e. The van der Waals surface area contributed by atoms with Gasteiger partial charge in [0.2, 0.25) is 0 Å². The van der Waals surface area contributed by atoms with E-state index in [0.717, 1.165) is 36.3 Å². The average molecular weight is 426 g/mol. The zero-order valence-electron chi connectivity index (χ0n) is 18.7. The maximum atomic E-state index is 12.4. The van der Waals surface area contributed by atoms with Crippen molar-refractivity contribution in [1.29, 1.82) is 0 Å². The van der Waals surface area contributed by atoms with E-state index in [2.05, 4.69) is 28.5 Å². The third-order valence-corrected chi connectivity index (χ3v) is 6.09. The molecule has 0 atom stereocenters. The minimum absolute atomic E-state index is 0.0399. The van der Waals surface area contributed by atoms with Crippen LogP contribution in [0.2, 0.25) is 0 Å². The standard InChI is InChI=1S/C24H31N3O4/c1-5-30-21(28)17-13-19(25-14-17)16-6-7-18-20(12-16)26-15-24(18)8-10-27(11-9-24)22(29)31-23(2,3)4/h6-7,12-14,25-26H,5,8-11,15H2,1-4H3. The summed E-state index contributed by atoms with van der Waals surface area (Å²) in [7, 11) is 0. The topological polar surface area (TPSA) is 83.7 Å². The molecule has 1 amide bonds. The van der Waals surface area contributed by atoms with Crippen LogP contribution in [0.25, 0.3) is 11.3 Å². The number of esters is 1. The summed E-state index contributed by atoms with van der Waals surface area (Å²) in [6.45, 7) is 10.1. The number of ether oxygens (including phenoxy) is 2. The van der Waals surface area contributed by atoms with Crippen molar-refractivity contribution in [3.8, 4) is 11.3 Å². The number of anilines is 1. The Labute approximate surface area is 183 Å². The highest BCUT2D eigenvalue weighted by Gasteiger charge is 2.42. The van der Waals surface area contributed by atoms with E-state index >= 15 is 0 Å². The number of carbonyl (C=O) groups is 2. The molecule has 1 aromatic carbocycles. The molecule has 2 aliphatic heterocycles. The van der Waals surface area contributed by atoms with Gasteiger partial charge in [-0.05, 0) is 58.2 Å². The maximum absolute atomic E-state index is 12.4. The molecule has 2 aromatic rings. The second-order valence-corrected chi connectivity index (χ2v) is 9.38. The van der Waals surface area contributed by atoms with E-state index in [1.165, 1.54) is 5.56 Å². The molecule has 1 saturated heterocycles. The van der Waals surface area contributed by atoms with Gasteiger partial charge in [-0.25, -0.2) is 9.59 Å². The van der Waals surface area contributed by atoms with Crippen LogP contribution in [0.1, 0.15) is 56.5 Å². The highest BCUT2D eigenvalue weighted by Crippen LogP contribution is 2.45. The number of fused-ring (bicyclic) bond motifs is 2. The van der Waals surface area contributed by atoms with Crippen LogP contribution >= 0.6 is 0 Å². The number of likely N-dealkylation sites (tertiary alicyclic amines) is 1. The summed E-state index contributed by atoms with van der Waals surface area (Å²) >= 11 is 0. The Morgan fingerprint density at radius 2 is 1.90 bits per heavy atom. The molecule has 0 bridgehead atoms. The van der Waals surface area contributed by atoms with E-state index in [4.69, 9.17) is 9.47 Å². The fourth-order valence-electron chi connectivity index (χ4n) is 4.46. The number of amides is 1. The van der Waals surface area contributed by atoms with Crippen molar-refractivity contribution in [2.24, 2.45) is 0 Å². The number of carbonyl (C=O) groups excluding carboxylic acids is 2. The zero-order chi connectivity index (χ0) is 22.2. The Hall–Kier alpha value is -2.96. The predicted octanol–water partition coefficient (Wildman–Crippen LogP) is 4.55. The average Bonchev–Trinajstić information content (AvgIpc) is 3.33. The zero-order valence-corrected chi connectivity index (χ0v) is 18.7. The summed E-state index contributed by atoms with van der Waals surface area (Å²) < 4.78 is 10.6. The summed E-state index contributed by atoms with van der Waals surface area (Å²) in [5, 5.41) is 3.56. The number of hydrogen-bond donors (Lipinski definition) is 2. The van der Waals surface area contributed by atoms with Crippen molar-refractivity contribution in [3.63, 3.8) is 0 Å². The molecular weight excluding hydrogens is 394 g/mol. The molecule has 1 aromatic heterocycles. The third kappa shape index (κ3) is 4.27. The fourth-order valence-corrected chi connectivity index (χ4v) is 4.46. The first-order chi connectivity index (χ1) is 14.7. The van der Waals surface area contributed by atoms with Crippen LogP contribution in [-0.4, -0.2) is 53.8 Å². The van der Waals surface area contributed by atoms with Gasteiger partial charge in [0.25, 0.3) is 0 Å². The number of H-pyrrole nitrogens is 1. The van der Waals surface area contributed by atoms with Gasteiger partial charge < -0.3 is 24.7 Å². The SMILES string of the molecule is CCOC(=O)c1c[nH]c(-c2ccc3c(c2)NCC32CCN(C(=O)OC(C)(C)C)CC2)c1. The molecule has 2 N–H and O–H groups in total. The van der Waals surface area contributed by atoms with E-state index in [1.54, 1.807) is 13.1 Å². The summed E-state index contributed by atoms with van der Waals surface area (Å²) in [5.74, 6) is -0.319. The minimum atomic E-state index is -0.477. The van der Waals surface area contributed by atoms with Gasteiger partial charge in [-0.2, -0.15) is 0 Å². The lowest BCUT2D eigenvalue weighted by atomic mass is 9.74. The van der Waals surface area contributed by atoms with Gasteiger partial charge in [-0.1, -0.05) is 12.1 Å². The van der Waals surface area contributed by atoms with Crippen LogP contribution < -0.4 is 5.32 Å². The Morgan fingerprint density at radius 3 is 2.58 bits per heavy atom. The lowest BCUT2D eigenvalue weighted by Gasteiger charge is -2.39. The van der Waals surface area contributed by atoms with Gasteiger partial charge in [0.05, 0.1) is 12.2 Å². The molecule has 31 heavy (non-hydrogen) atoms. The first kappa shape index (κ1) is 21.3. The van der Waals surface area contributed by atoms with Crippen LogP contribution in [0.5, 0.6) is 0 Å². The first-order valence-electron chi connectivity index (χ1n) is 10.9. The number of hydrogen-bond acceptors (Lipinski definition) is 5. The summed E-state index contributed by atoms with van der Waals surface area (Å²) in [6, 6.07) is 8.22. The molecule has 7 heteroatoms. The van der Waals surface area contributed by atoms with E-state index in [9.17, 15) is 9.59 Å². The lowest BCUT2D eigenvalue weighted by molar-refractivity contribution is 0.0172. The Bertz CT molecular complexity index is 981. The van der Waals surface area contributed by atoms with Crippen molar-refractivity contribution < 1.29 is 19.1 Å². The van der Waals surface area contributed by atoms with Gasteiger partial charge in [0.15, 0.2) is 0 Å². The normalized spacial score (nSPS) is 17.2. The van der Waals surface area contributed by atoms with Crippen molar-refractivity contribution >= 4 is 17.7 Å². The van der Waals surface area contributed by atoms with E-state index in [-0.39, 0.29) is 17.5 Å². The predicted molar refractivity (Wildman–Crippen MR) is 119 cm³/mol. The molecule has 3 heterocycles. The number of aromatic nitrogens is 1. The number of rotatable bonds is 3. The second kappa shape index (κ2) is 7.94. The van der Waals surface area contributed by atoms with E-state index in [1.807, 2.05) is 31.7 Å². The van der Waals surface area contributed by atoms with Crippen LogP contribution in [0.3, 0.4) is 0 Å². The van der Waals surface area contributed by atoms with Crippen molar-refractivity contribution in [2.45, 2.75) is 51.6 Å². The summed E-state index contributed by atoms with van der Waals surface area (Å²) in [6.07, 6.45) is 3.26. The molecule has 0 radical (unpaired) electrons. The highest BCUT2D eigenvalue weighted by molar-refractivity contribution is 5.91. The maximum Gasteiger partial charge on any atom is 0.410 e. The number of benzene rings is 1. The number of nitrogens with one attached hydrogen (secondary N) is 2. The Morgan fingerprint density at radius 1 is 1.16 bits per heavy atom. The molecule has 0 aliphatic carbocycles. The van der Waals surface area contributed by atoms with Gasteiger partial charge in [0.1, 0.15) is 5.60 Å². The molecular formula is C24H31N3O4. The van der Waals surface area contributed by atoms with Gasteiger partial charge >= 0.3 is 12.1 Å². The highest BCUT2D eigenvalue weighted by atomic mass is 16.6. The number of aromatic amines is 1. The fraction of sp³-hybridized carbons (Fsp3) is 0.500. The Balaban J connectivity index is 1.47. The quantitative estimate of drug-likeness (QED) is 0.705. The largest absolute Gasteiger partial charge is 0.462 e. The summed E-state index contributed by atoms with van der Waals surface area (Å²) in [5.41, 5.74) is 4.41. The Kier molecular flexibility index (Phi) is 5.45. The van der Waals surface area contributed by atoms with Crippen molar-refractivity contribution in [3.05, 3.63) is 41.6 Å². The lowest BCUT2D eigenvalue weighted by Crippen LogP contribution is -2.47. The summed E-state index contributed by atoms with van der Waals surface area (Å²) in [4.78, 5) is 29.3.